The van der Waals surface area contributed by atoms with E-state index in [1.54, 1.807) is 24.4 Å². The number of nitrogen functional groups attached to an aromatic ring is 1. The standard InChI is InChI=1S/C13H15N3O2/c14-11-4-1-3-10-9(11)5-7-15-12(10)13(18)16-6-2-8-17/h1,3-5,7,17H,2,6,8,14H2,(H,16,18). The van der Waals surface area contributed by atoms with Crippen LogP contribution < -0.4 is 11.1 Å². The van der Waals surface area contributed by atoms with Gasteiger partial charge in [-0.15, -0.1) is 0 Å². The van der Waals surface area contributed by atoms with E-state index in [0.29, 0.717) is 24.3 Å². The zero-order valence-electron chi connectivity index (χ0n) is 9.89. The van der Waals surface area contributed by atoms with Crippen molar-refractivity contribution in [3.63, 3.8) is 0 Å². The molecule has 0 saturated heterocycles. The zero-order valence-corrected chi connectivity index (χ0v) is 9.89. The number of hydrogen-bond donors (Lipinski definition) is 3. The van der Waals surface area contributed by atoms with Crippen LogP contribution in [0.15, 0.2) is 30.5 Å². The Bertz CT molecular complexity index is 569. The Morgan fingerprint density at radius 1 is 1.33 bits per heavy atom. The molecule has 4 N–H and O–H groups in total. The fourth-order valence-electron chi connectivity index (χ4n) is 1.78. The van der Waals surface area contributed by atoms with Gasteiger partial charge in [-0.1, -0.05) is 12.1 Å². The number of fused-ring (bicyclic) bond motifs is 1. The predicted molar refractivity (Wildman–Crippen MR) is 70.2 cm³/mol. The quantitative estimate of drug-likeness (QED) is 0.552. The van der Waals surface area contributed by atoms with Gasteiger partial charge in [0.15, 0.2) is 0 Å². The number of benzene rings is 1. The van der Waals surface area contributed by atoms with E-state index in [9.17, 15) is 4.79 Å². The monoisotopic (exact) mass is 245 g/mol. The number of aliphatic hydroxyl groups is 1. The smallest absolute Gasteiger partial charge is 0.270 e. The highest BCUT2D eigenvalue weighted by atomic mass is 16.3. The summed E-state index contributed by atoms with van der Waals surface area (Å²) in [7, 11) is 0. The van der Waals surface area contributed by atoms with Crippen LogP contribution in [0.3, 0.4) is 0 Å². The van der Waals surface area contributed by atoms with Gasteiger partial charge in [-0.05, 0) is 18.6 Å². The van der Waals surface area contributed by atoms with Crippen LogP contribution in [0.2, 0.25) is 0 Å². The molecule has 1 aromatic carbocycles. The van der Waals surface area contributed by atoms with Crippen LogP contribution >= 0.6 is 0 Å². The number of rotatable bonds is 4. The van der Waals surface area contributed by atoms with Crippen LogP contribution in [0.5, 0.6) is 0 Å². The van der Waals surface area contributed by atoms with Crippen LogP contribution in [0.4, 0.5) is 5.69 Å². The summed E-state index contributed by atoms with van der Waals surface area (Å²) >= 11 is 0. The van der Waals surface area contributed by atoms with Gasteiger partial charge in [0.05, 0.1) is 0 Å². The SMILES string of the molecule is Nc1cccc2c(C(=O)NCCCO)nccc12. The Morgan fingerprint density at radius 2 is 2.17 bits per heavy atom. The highest BCUT2D eigenvalue weighted by Gasteiger charge is 2.11. The maximum Gasteiger partial charge on any atom is 0.270 e. The minimum atomic E-state index is -0.250. The van der Waals surface area contributed by atoms with Crippen LogP contribution in [0.25, 0.3) is 10.8 Å². The summed E-state index contributed by atoms with van der Waals surface area (Å²) in [4.78, 5) is 16.0. The van der Waals surface area contributed by atoms with Gasteiger partial charge in [0.25, 0.3) is 5.91 Å². The molecule has 1 heterocycles. The number of anilines is 1. The summed E-state index contributed by atoms with van der Waals surface area (Å²) in [6.07, 6.45) is 2.10. The lowest BCUT2D eigenvalue weighted by Gasteiger charge is -2.07. The largest absolute Gasteiger partial charge is 0.398 e. The van der Waals surface area contributed by atoms with Gasteiger partial charge in [0.2, 0.25) is 0 Å². The van der Waals surface area contributed by atoms with Crippen LogP contribution in [-0.2, 0) is 0 Å². The van der Waals surface area contributed by atoms with Crippen molar-refractivity contribution in [1.82, 2.24) is 10.3 Å². The number of pyridine rings is 1. The summed E-state index contributed by atoms with van der Waals surface area (Å²) in [5.41, 5.74) is 6.84. The molecule has 0 unspecified atom stereocenters. The normalized spacial score (nSPS) is 10.5. The van der Waals surface area contributed by atoms with Crippen LogP contribution in [0, 0.1) is 0 Å². The fourth-order valence-corrected chi connectivity index (χ4v) is 1.78. The highest BCUT2D eigenvalue weighted by Crippen LogP contribution is 2.22. The number of nitrogens with one attached hydrogen (secondary N) is 1. The first-order chi connectivity index (χ1) is 8.74. The molecule has 0 spiro atoms. The second-order valence-corrected chi connectivity index (χ2v) is 3.93. The number of nitrogens with two attached hydrogens (primary N) is 1. The topological polar surface area (TPSA) is 88.2 Å². The van der Waals surface area contributed by atoms with E-state index in [1.807, 2.05) is 6.07 Å². The van der Waals surface area contributed by atoms with Crippen LogP contribution in [-0.4, -0.2) is 29.1 Å². The molecule has 94 valence electrons. The molecule has 2 aromatic rings. The van der Waals surface area contributed by atoms with Gasteiger partial charge in [-0.3, -0.25) is 9.78 Å². The molecule has 0 saturated carbocycles. The van der Waals surface area contributed by atoms with E-state index in [1.165, 1.54) is 0 Å². The van der Waals surface area contributed by atoms with Crippen molar-refractivity contribution in [2.75, 3.05) is 18.9 Å². The summed E-state index contributed by atoms with van der Waals surface area (Å²) < 4.78 is 0. The molecule has 2 rings (SSSR count). The molecule has 0 radical (unpaired) electrons. The molecule has 1 aromatic heterocycles. The van der Waals surface area contributed by atoms with Crippen molar-refractivity contribution in [1.29, 1.82) is 0 Å². The number of aromatic nitrogens is 1. The van der Waals surface area contributed by atoms with Crippen molar-refractivity contribution < 1.29 is 9.90 Å². The molecule has 5 heteroatoms. The number of nitrogens with zero attached hydrogens (tertiary/aromatic N) is 1. The molecule has 0 aliphatic rings. The van der Waals surface area contributed by atoms with E-state index in [-0.39, 0.29) is 12.5 Å². The maximum absolute atomic E-state index is 11.9. The molecule has 5 nitrogen and oxygen atoms in total. The lowest BCUT2D eigenvalue weighted by molar-refractivity contribution is 0.0948. The summed E-state index contributed by atoms with van der Waals surface area (Å²) in [5.74, 6) is -0.250. The highest BCUT2D eigenvalue weighted by molar-refractivity contribution is 6.07. The minimum Gasteiger partial charge on any atom is -0.398 e. The third kappa shape index (κ3) is 2.41. The average Bonchev–Trinajstić information content (AvgIpc) is 2.39. The molecule has 0 aliphatic carbocycles. The fraction of sp³-hybridized carbons (Fsp3) is 0.231. The third-order valence-electron chi connectivity index (χ3n) is 2.68. The van der Waals surface area contributed by atoms with E-state index in [0.717, 1.165) is 10.8 Å². The van der Waals surface area contributed by atoms with Gasteiger partial charge >= 0.3 is 0 Å². The third-order valence-corrected chi connectivity index (χ3v) is 2.68. The lowest BCUT2D eigenvalue weighted by atomic mass is 10.1. The number of hydrogen-bond acceptors (Lipinski definition) is 4. The summed E-state index contributed by atoms with van der Waals surface area (Å²) in [5, 5.41) is 12.9. The Balaban J connectivity index is 2.33. The van der Waals surface area contributed by atoms with Crippen molar-refractivity contribution in [2.45, 2.75) is 6.42 Å². The van der Waals surface area contributed by atoms with Gasteiger partial charge < -0.3 is 16.2 Å². The van der Waals surface area contributed by atoms with Gasteiger partial charge in [-0.2, -0.15) is 0 Å². The second-order valence-electron chi connectivity index (χ2n) is 3.93. The molecule has 0 bridgehead atoms. The number of amides is 1. The Hall–Kier alpha value is -2.14. The van der Waals surface area contributed by atoms with Gasteiger partial charge in [0, 0.05) is 35.8 Å². The molecule has 18 heavy (non-hydrogen) atoms. The second kappa shape index (κ2) is 5.46. The van der Waals surface area contributed by atoms with Crippen molar-refractivity contribution in [3.05, 3.63) is 36.2 Å². The van der Waals surface area contributed by atoms with E-state index >= 15 is 0 Å². The molecular formula is C13H15N3O2. The van der Waals surface area contributed by atoms with Crippen molar-refractivity contribution in [2.24, 2.45) is 0 Å². The number of aliphatic hydroxyl groups excluding tert-OH is 1. The lowest BCUT2D eigenvalue weighted by Crippen LogP contribution is -2.26. The maximum atomic E-state index is 11.9. The average molecular weight is 245 g/mol. The van der Waals surface area contributed by atoms with Crippen molar-refractivity contribution >= 4 is 22.4 Å². The summed E-state index contributed by atoms with van der Waals surface area (Å²) in [6.45, 7) is 0.478. The Morgan fingerprint density at radius 3 is 2.94 bits per heavy atom. The molecular weight excluding hydrogens is 230 g/mol. The number of carbonyl (C=O) groups is 1. The van der Waals surface area contributed by atoms with Crippen LogP contribution in [0.1, 0.15) is 16.9 Å². The minimum absolute atomic E-state index is 0.0518. The van der Waals surface area contributed by atoms with E-state index < -0.39 is 0 Å². The Labute approximate surface area is 105 Å². The first-order valence-electron chi connectivity index (χ1n) is 5.76. The van der Waals surface area contributed by atoms with Gasteiger partial charge in [-0.25, -0.2) is 0 Å². The predicted octanol–water partition coefficient (Wildman–Crippen LogP) is 0.929. The van der Waals surface area contributed by atoms with E-state index in [2.05, 4.69) is 10.3 Å². The first kappa shape index (κ1) is 12.3. The van der Waals surface area contributed by atoms with E-state index in [4.69, 9.17) is 10.8 Å². The van der Waals surface area contributed by atoms with Crippen molar-refractivity contribution in [3.8, 4) is 0 Å². The number of carbonyl (C=O) groups excluding carboxylic acids is 1. The summed E-state index contributed by atoms with van der Waals surface area (Å²) in [6, 6.07) is 7.19. The zero-order chi connectivity index (χ0) is 13.0. The first-order valence-corrected chi connectivity index (χ1v) is 5.76. The molecule has 1 amide bonds. The molecule has 0 atom stereocenters. The van der Waals surface area contributed by atoms with Gasteiger partial charge in [0.1, 0.15) is 5.69 Å². The Kier molecular flexibility index (Phi) is 3.74. The molecule has 0 fully saturated rings. The molecule has 0 aliphatic heterocycles.